The van der Waals surface area contributed by atoms with Gasteiger partial charge in [0.05, 0.1) is 13.2 Å². The van der Waals surface area contributed by atoms with Crippen LogP contribution >= 0.6 is 64.7 Å². The van der Waals surface area contributed by atoms with Gasteiger partial charge in [-0.2, -0.15) is 16.2 Å². The Balaban J connectivity index is 0. The fraction of sp³-hybridized carbons (Fsp3) is 1.00. The Morgan fingerprint density at radius 1 is 1.11 bits per heavy atom. The molecule has 0 aliphatic heterocycles. The zero-order chi connectivity index (χ0) is 15.4. The van der Waals surface area contributed by atoms with Crippen molar-refractivity contribution in [1.29, 1.82) is 0 Å². The fourth-order valence-corrected chi connectivity index (χ4v) is 5.34. The molecule has 0 bridgehead atoms. The molecular weight excluding hydrogens is 377 g/mol. The topological polar surface area (TPSA) is 35.5 Å². The summed E-state index contributed by atoms with van der Waals surface area (Å²) in [4.78, 5) is 0. The SMILES string of the molecule is CCOP(=O)(OCC)SCCSCC.FC(Cl)(Cl)Cl. The second kappa shape index (κ2) is 13.3. The maximum absolute atomic E-state index is 11.9. The largest absolute Gasteiger partial charge is 0.389 e. The molecular formula is C9H19Cl3FO3PS2. The molecule has 0 saturated carbocycles. The van der Waals surface area contributed by atoms with Gasteiger partial charge in [-0.05, 0) is 65.8 Å². The molecule has 0 aliphatic rings. The zero-order valence-electron chi connectivity index (χ0n) is 11.0. The lowest BCUT2D eigenvalue weighted by Crippen LogP contribution is -1.94. The van der Waals surface area contributed by atoms with Crippen LogP contribution in [0.2, 0.25) is 0 Å². The van der Waals surface area contributed by atoms with Gasteiger partial charge in [-0.3, -0.25) is 0 Å². The molecule has 0 aromatic carbocycles. The Labute approximate surface area is 137 Å². The first-order chi connectivity index (χ1) is 8.68. The van der Waals surface area contributed by atoms with Crippen LogP contribution in [0.5, 0.6) is 0 Å². The number of halogens is 4. The van der Waals surface area contributed by atoms with Crippen LogP contribution in [0.15, 0.2) is 0 Å². The first kappa shape index (κ1) is 22.9. The highest BCUT2D eigenvalue weighted by molar-refractivity contribution is 8.55. The van der Waals surface area contributed by atoms with E-state index in [1.54, 1.807) is 0 Å². The lowest BCUT2D eigenvalue weighted by Gasteiger charge is -2.15. The molecule has 0 aromatic rings. The number of thioether (sulfide) groups is 1. The predicted octanol–water partition coefficient (Wildman–Crippen LogP) is 5.94. The monoisotopic (exact) mass is 394 g/mol. The van der Waals surface area contributed by atoms with Gasteiger partial charge in [0.25, 0.3) is 0 Å². The van der Waals surface area contributed by atoms with Crippen molar-refractivity contribution < 1.29 is 18.0 Å². The predicted molar refractivity (Wildman–Crippen MR) is 87.7 cm³/mol. The second-order valence-electron chi connectivity index (χ2n) is 2.74. The minimum absolute atomic E-state index is 0.436. The Morgan fingerprint density at radius 2 is 1.53 bits per heavy atom. The molecule has 0 heterocycles. The summed E-state index contributed by atoms with van der Waals surface area (Å²) in [6, 6.07) is 0. The van der Waals surface area contributed by atoms with E-state index in [4.69, 9.17) is 9.05 Å². The van der Waals surface area contributed by atoms with E-state index in [2.05, 4.69) is 41.7 Å². The summed E-state index contributed by atoms with van der Waals surface area (Å²) in [5, 5.41) is 0. The van der Waals surface area contributed by atoms with E-state index in [-0.39, 0.29) is 0 Å². The van der Waals surface area contributed by atoms with Gasteiger partial charge in [0.1, 0.15) is 0 Å². The van der Waals surface area contributed by atoms with E-state index in [1.165, 1.54) is 11.4 Å². The summed E-state index contributed by atoms with van der Waals surface area (Å²) in [6.07, 6.45) is 0. The van der Waals surface area contributed by atoms with Gasteiger partial charge in [0, 0.05) is 11.5 Å². The summed E-state index contributed by atoms with van der Waals surface area (Å²) in [7, 11) is 0. The maximum Gasteiger partial charge on any atom is 0.389 e. The molecule has 0 saturated heterocycles. The molecule has 0 amide bonds. The minimum atomic E-state index is -2.86. The molecule has 0 N–H and O–H groups in total. The van der Waals surface area contributed by atoms with E-state index in [9.17, 15) is 8.96 Å². The lowest BCUT2D eigenvalue weighted by atomic mass is 10.9. The second-order valence-corrected chi connectivity index (χ2v) is 10.5. The van der Waals surface area contributed by atoms with Crippen molar-refractivity contribution in [3.05, 3.63) is 0 Å². The molecule has 0 rings (SSSR count). The van der Waals surface area contributed by atoms with E-state index in [1.807, 2.05) is 25.6 Å². The van der Waals surface area contributed by atoms with Crippen molar-refractivity contribution in [1.82, 2.24) is 0 Å². The first-order valence-corrected chi connectivity index (χ1v) is 11.0. The van der Waals surface area contributed by atoms with Crippen LogP contribution in [-0.4, -0.2) is 34.5 Å². The minimum Gasteiger partial charge on any atom is -0.301 e. The van der Waals surface area contributed by atoms with Crippen LogP contribution in [0.3, 0.4) is 0 Å². The van der Waals surface area contributed by atoms with Gasteiger partial charge in [0.2, 0.25) is 0 Å². The van der Waals surface area contributed by atoms with Crippen molar-refractivity contribution in [2.24, 2.45) is 0 Å². The Morgan fingerprint density at radius 3 is 1.84 bits per heavy atom. The van der Waals surface area contributed by atoms with Gasteiger partial charge < -0.3 is 9.05 Å². The molecule has 10 heteroatoms. The molecule has 0 radical (unpaired) electrons. The number of hydrogen-bond acceptors (Lipinski definition) is 5. The van der Waals surface area contributed by atoms with Gasteiger partial charge in [0.15, 0.2) is 0 Å². The van der Waals surface area contributed by atoms with Crippen LogP contribution in [0.1, 0.15) is 20.8 Å². The first-order valence-electron chi connectivity index (χ1n) is 5.55. The molecule has 0 fully saturated rings. The van der Waals surface area contributed by atoms with Crippen molar-refractivity contribution >= 4 is 64.7 Å². The van der Waals surface area contributed by atoms with Crippen LogP contribution in [-0.2, 0) is 13.6 Å². The van der Waals surface area contributed by atoms with E-state index in [0.29, 0.717) is 13.2 Å². The quantitative estimate of drug-likeness (QED) is 0.274. The van der Waals surface area contributed by atoms with E-state index < -0.39 is 10.8 Å². The summed E-state index contributed by atoms with van der Waals surface area (Å²) in [5.41, 5.74) is 0. The third-order valence-corrected chi connectivity index (χ3v) is 6.40. The van der Waals surface area contributed by atoms with E-state index in [0.717, 1.165) is 17.3 Å². The Hall–Kier alpha value is 1.65. The molecule has 0 aliphatic carbocycles. The van der Waals surface area contributed by atoms with Crippen molar-refractivity contribution in [3.8, 4) is 0 Å². The number of rotatable bonds is 9. The molecule has 19 heavy (non-hydrogen) atoms. The molecule has 118 valence electrons. The third-order valence-electron chi connectivity index (χ3n) is 1.26. The summed E-state index contributed by atoms with van der Waals surface area (Å²) >= 11 is 16.3. The third kappa shape index (κ3) is 22.1. The van der Waals surface area contributed by atoms with Crippen LogP contribution in [0, 0.1) is 0 Å². The smallest absolute Gasteiger partial charge is 0.301 e. The van der Waals surface area contributed by atoms with E-state index >= 15 is 0 Å². The molecule has 0 aromatic heterocycles. The Bertz CT molecular complexity index is 241. The highest BCUT2D eigenvalue weighted by Gasteiger charge is 2.23. The average Bonchev–Trinajstić information content (AvgIpc) is 2.23. The van der Waals surface area contributed by atoms with Gasteiger partial charge >= 0.3 is 10.8 Å². The normalized spacial score (nSPS) is 11.9. The standard InChI is InChI=1S/C8H19O3PS2.CCl3F/c1-4-10-12(9,11-5-2)14-8-7-13-6-3;2-1(3,4)5/h4-8H2,1-3H3;. The van der Waals surface area contributed by atoms with Crippen molar-refractivity contribution in [3.63, 3.8) is 0 Å². The summed E-state index contributed by atoms with van der Waals surface area (Å²) < 4.78 is 30.6. The average molecular weight is 396 g/mol. The van der Waals surface area contributed by atoms with Gasteiger partial charge in [-0.25, -0.2) is 4.57 Å². The highest BCUT2D eigenvalue weighted by atomic mass is 35.6. The zero-order valence-corrected chi connectivity index (χ0v) is 15.8. The fourth-order valence-electron chi connectivity index (χ4n) is 0.780. The Kier molecular flexibility index (Phi) is 16.1. The summed E-state index contributed by atoms with van der Waals surface area (Å²) in [6.45, 7) is 3.78. The molecule has 0 unspecified atom stereocenters. The lowest BCUT2D eigenvalue weighted by molar-refractivity contribution is 0.237. The van der Waals surface area contributed by atoms with Crippen molar-refractivity contribution in [2.45, 2.75) is 24.8 Å². The summed E-state index contributed by atoms with van der Waals surface area (Å²) in [5.74, 6) is 2.90. The highest BCUT2D eigenvalue weighted by Crippen LogP contribution is 2.60. The van der Waals surface area contributed by atoms with Crippen LogP contribution < -0.4 is 0 Å². The number of alkyl halides is 4. The molecule has 3 nitrogen and oxygen atoms in total. The van der Waals surface area contributed by atoms with Crippen molar-refractivity contribution in [2.75, 3.05) is 30.5 Å². The van der Waals surface area contributed by atoms with Crippen LogP contribution in [0.25, 0.3) is 0 Å². The molecule has 0 atom stereocenters. The van der Waals surface area contributed by atoms with Gasteiger partial charge in [-0.15, -0.1) is 0 Å². The number of hydrogen-bond donors (Lipinski definition) is 0. The van der Waals surface area contributed by atoms with Gasteiger partial charge in [-0.1, -0.05) is 6.92 Å². The maximum atomic E-state index is 11.9. The van der Waals surface area contributed by atoms with Crippen LogP contribution in [0.4, 0.5) is 4.39 Å². The molecule has 0 spiro atoms.